The fourth-order valence-electron chi connectivity index (χ4n) is 4.35. The summed E-state index contributed by atoms with van der Waals surface area (Å²) in [6.45, 7) is 3.31. The van der Waals surface area contributed by atoms with E-state index in [0.717, 1.165) is 33.8 Å². The van der Waals surface area contributed by atoms with Crippen molar-refractivity contribution in [3.63, 3.8) is 0 Å². The van der Waals surface area contributed by atoms with Crippen molar-refractivity contribution in [1.82, 2.24) is 0 Å². The lowest BCUT2D eigenvalue weighted by molar-refractivity contribution is -0.162. The van der Waals surface area contributed by atoms with E-state index in [4.69, 9.17) is 18.9 Å². The second kappa shape index (κ2) is 16.6. The van der Waals surface area contributed by atoms with Crippen molar-refractivity contribution in [3.8, 4) is 11.5 Å². The molecule has 0 N–H and O–H groups in total. The van der Waals surface area contributed by atoms with Gasteiger partial charge >= 0.3 is 11.9 Å². The molecule has 0 aromatic heterocycles. The molecular formula is C36H38O6. The first-order valence-corrected chi connectivity index (χ1v) is 14.5. The molecule has 4 aromatic rings. The summed E-state index contributed by atoms with van der Waals surface area (Å²) in [5.41, 5.74) is 4.24. The summed E-state index contributed by atoms with van der Waals surface area (Å²) in [4.78, 5) is 25.4. The molecule has 0 aliphatic carbocycles. The van der Waals surface area contributed by atoms with Gasteiger partial charge < -0.3 is 18.9 Å². The largest absolute Gasteiger partial charge is 0.489 e. The normalized spacial score (nSPS) is 10.7. The standard InChI is InChI=1S/C36H38O6/c1-2-9-34(35(37)39-24-22-28-14-18-32(19-15-28)41-26-30-10-5-3-6-11-30)36(38)40-25-23-29-16-20-33(21-17-29)42-27-31-12-7-4-8-13-31/h3-8,10-21,34H,2,9,22-27H2,1H3. The lowest BCUT2D eigenvalue weighted by atomic mass is 10.0. The molecule has 4 aromatic carbocycles. The van der Waals surface area contributed by atoms with Crippen molar-refractivity contribution in [2.45, 2.75) is 45.8 Å². The van der Waals surface area contributed by atoms with E-state index < -0.39 is 17.9 Å². The van der Waals surface area contributed by atoms with E-state index in [0.29, 0.717) is 38.9 Å². The lowest BCUT2D eigenvalue weighted by Crippen LogP contribution is -2.29. The van der Waals surface area contributed by atoms with Gasteiger partial charge in [0.15, 0.2) is 5.92 Å². The molecule has 0 spiro atoms. The molecule has 0 fully saturated rings. The Morgan fingerprint density at radius 3 is 1.33 bits per heavy atom. The van der Waals surface area contributed by atoms with E-state index in [9.17, 15) is 9.59 Å². The molecule has 4 rings (SSSR count). The minimum absolute atomic E-state index is 0.190. The molecule has 0 aliphatic rings. The van der Waals surface area contributed by atoms with Crippen LogP contribution in [0, 0.1) is 5.92 Å². The topological polar surface area (TPSA) is 71.1 Å². The molecule has 6 nitrogen and oxygen atoms in total. The summed E-state index contributed by atoms with van der Waals surface area (Å²) in [5.74, 6) is -0.443. The van der Waals surface area contributed by atoms with Crippen LogP contribution in [0.15, 0.2) is 109 Å². The minimum Gasteiger partial charge on any atom is -0.489 e. The predicted molar refractivity (Wildman–Crippen MR) is 162 cm³/mol. The Labute approximate surface area is 248 Å². The summed E-state index contributed by atoms with van der Waals surface area (Å²) in [6, 6.07) is 35.4. The summed E-state index contributed by atoms with van der Waals surface area (Å²) in [6.07, 6.45) is 2.15. The van der Waals surface area contributed by atoms with Crippen LogP contribution in [0.2, 0.25) is 0 Å². The Morgan fingerprint density at radius 1 is 0.548 bits per heavy atom. The van der Waals surface area contributed by atoms with Crippen molar-refractivity contribution in [2.75, 3.05) is 13.2 Å². The van der Waals surface area contributed by atoms with Crippen LogP contribution in [0.5, 0.6) is 11.5 Å². The van der Waals surface area contributed by atoms with Gasteiger partial charge in [-0.2, -0.15) is 0 Å². The maximum atomic E-state index is 12.7. The van der Waals surface area contributed by atoms with Crippen molar-refractivity contribution in [2.24, 2.45) is 5.92 Å². The molecule has 0 saturated carbocycles. The van der Waals surface area contributed by atoms with Crippen molar-refractivity contribution >= 4 is 11.9 Å². The van der Waals surface area contributed by atoms with Gasteiger partial charge in [-0.15, -0.1) is 0 Å². The van der Waals surface area contributed by atoms with E-state index in [1.54, 1.807) is 0 Å². The molecule has 6 heteroatoms. The zero-order valence-corrected chi connectivity index (χ0v) is 24.1. The van der Waals surface area contributed by atoms with Gasteiger partial charge in [0.1, 0.15) is 24.7 Å². The Bertz CT molecular complexity index is 1250. The fourth-order valence-corrected chi connectivity index (χ4v) is 4.35. The second-order valence-electron chi connectivity index (χ2n) is 10.0. The molecule has 0 aliphatic heterocycles. The monoisotopic (exact) mass is 566 g/mol. The SMILES string of the molecule is CCCC(C(=O)OCCc1ccc(OCc2ccccc2)cc1)C(=O)OCCc1ccc(OCc2ccccc2)cc1. The highest BCUT2D eigenvalue weighted by molar-refractivity contribution is 5.94. The van der Waals surface area contributed by atoms with Crippen molar-refractivity contribution < 1.29 is 28.5 Å². The van der Waals surface area contributed by atoms with Gasteiger partial charge in [0.05, 0.1) is 13.2 Å². The molecule has 0 heterocycles. The van der Waals surface area contributed by atoms with E-state index >= 15 is 0 Å². The Hall–Kier alpha value is -4.58. The molecule has 0 unspecified atom stereocenters. The van der Waals surface area contributed by atoms with Gasteiger partial charge in [0.2, 0.25) is 0 Å². The maximum Gasteiger partial charge on any atom is 0.320 e. The summed E-state index contributed by atoms with van der Waals surface area (Å²) in [7, 11) is 0. The summed E-state index contributed by atoms with van der Waals surface area (Å²) in [5, 5.41) is 0. The van der Waals surface area contributed by atoms with Crippen LogP contribution in [0.25, 0.3) is 0 Å². The first-order chi connectivity index (χ1) is 20.6. The third-order valence-corrected chi connectivity index (χ3v) is 6.76. The van der Waals surface area contributed by atoms with Gasteiger partial charge in [-0.05, 0) is 52.9 Å². The number of esters is 2. The molecule has 0 radical (unpaired) electrons. The van der Waals surface area contributed by atoms with Crippen LogP contribution in [0.4, 0.5) is 0 Å². The number of benzene rings is 4. The number of ether oxygens (including phenoxy) is 4. The molecule has 0 bridgehead atoms. The molecule has 0 atom stereocenters. The molecule has 42 heavy (non-hydrogen) atoms. The Balaban J connectivity index is 1.15. The average Bonchev–Trinajstić information content (AvgIpc) is 3.03. The summed E-state index contributed by atoms with van der Waals surface area (Å²) < 4.78 is 22.6. The second-order valence-corrected chi connectivity index (χ2v) is 10.0. The minimum atomic E-state index is -0.919. The van der Waals surface area contributed by atoms with Gasteiger partial charge in [-0.25, -0.2) is 0 Å². The van der Waals surface area contributed by atoms with Crippen LogP contribution in [0.1, 0.15) is 42.0 Å². The predicted octanol–water partition coefficient (Wildman–Crippen LogP) is 7.13. The van der Waals surface area contributed by atoms with Gasteiger partial charge in [-0.3, -0.25) is 9.59 Å². The van der Waals surface area contributed by atoms with Crippen molar-refractivity contribution in [3.05, 3.63) is 131 Å². The van der Waals surface area contributed by atoms with Crippen LogP contribution in [-0.4, -0.2) is 25.2 Å². The zero-order valence-electron chi connectivity index (χ0n) is 24.1. The van der Waals surface area contributed by atoms with Crippen LogP contribution in [0.3, 0.4) is 0 Å². The molecular weight excluding hydrogens is 528 g/mol. The van der Waals surface area contributed by atoms with E-state index in [2.05, 4.69) is 0 Å². The van der Waals surface area contributed by atoms with Gasteiger partial charge in [-0.1, -0.05) is 98.3 Å². The van der Waals surface area contributed by atoms with E-state index in [1.165, 1.54) is 0 Å². The third kappa shape index (κ3) is 10.1. The third-order valence-electron chi connectivity index (χ3n) is 6.76. The van der Waals surface area contributed by atoms with Crippen molar-refractivity contribution in [1.29, 1.82) is 0 Å². The smallest absolute Gasteiger partial charge is 0.320 e. The summed E-state index contributed by atoms with van der Waals surface area (Å²) >= 11 is 0. The van der Waals surface area contributed by atoms with E-state index in [1.807, 2.05) is 116 Å². The molecule has 0 amide bonds. The highest BCUT2D eigenvalue weighted by Crippen LogP contribution is 2.17. The zero-order chi connectivity index (χ0) is 29.4. The Morgan fingerprint density at radius 2 is 0.952 bits per heavy atom. The highest BCUT2D eigenvalue weighted by Gasteiger charge is 2.28. The number of carbonyl (C=O) groups excluding carboxylic acids is 2. The number of hydrogen-bond donors (Lipinski definition) is 0. The van der Waals surface area contributed by atoms with E-state index in [-0.39, 0.29) is 13.2 Å². The molecule has 0 saturated heterocycles. The van der Waals surface area contributed by atoms with Gasteiger partial charge in [0.25, 0.3) is 0 Å². The first kappa shape index (κ1) is 30.4. The number of carbonyl (C=O) groups is 2. The lowest BCUT2D eigenvalue weighted by Gasteiger charge is -2.15. The maximum absolute atomic E-state index is 12.7. The number of hydrogen-bond acceptors (Lipinski definition) is 6. The molecule has 218 valence electrons. The average molecular weight is 567 g/mol. The van der Waals surface area contributed by atoms with Crippen LogP contribution < -0.4 is 9.47 Å². The Kier molecular flexibility index (Phi) is 12.0. The van der Waals surface area contributed by atoms with Gasteiger partial charge in [0, 0.05) is 12.8 Å². The van der Waals surface area contributed by atoms with Crippen LogP contribution in [-0.2, 0) is 45.1 Å². The first-order valence-electron chi connectivity index (χ1n) is 14.5. The quantitative estimate of drug-likeness (QED) is 0.106. The number of rotatable bonds is 16. The fraction of sp³-hybridized carbons (Fsp3) is 0.278. The highest BCUT2D eigenvalue weighted by atomic mass is 16.6. The van der Waals surface area contributed by atoms with Crippen LogP contribution >= 0.6 is 0 Å².